The number of hydrazine groups is 1. The van der Waals surface area contributed by atoms with E-state index in [4.69, 9.17) is 14.2 Å². The van der Waals surface area contributed by atoms with Gasteiger partial charge in [-0.1, -0.05) is 36.4 Å². The maximum Gasteiger partial charge on any atom is 0.161 e. The Balaban J connectivity index is 1.36. The highest BCUT2D eigenvalue weighted by atomic mass is 16.5. The van der Waals surface area contributed by atoms with Gasteiger partial charge in [0.2, 0.25) is 0 Å². The summed E-state index contributed by atoms with van der Waals surface area (Å²) in [5.41, 5.74) is 9.74. The molecule has 196 valence electrons. The minimum absolute atomic E-state index is 0.00205. The monoisotopic (exact) mass is 513 g/mol. The minimum Gasteiger partial charge on any atom is -0.493 e. The zero-order chi connectivity index (χ0) is 26.2. The van der Waals surface area contributed by atoms with E-state index in [0.717, 1.165) is 28.1 Å². The van der Waals surface area contributed by atoms with Gasteiger partial charge in [0.15, 0.2) is 17.3 Å². The van der Waals surface area contributed by atoms with Crippen LogP contribution in [-0.2, 0) is 4.79 Å². The lowest BCUT2D eigenvalue weighted by Crippen LogP contribution is -2.51. The average Bonchev–Trinajstić information content (AvgIpc) is 3.32. The molecule has 1 aliphatic carbocycles. The number of allylic oxidation sites excluding steroid dienone is 2. The van der Waals surface area contributed by atoms with Gasteiger partial charge in [-0.05, 0) is 59.9 Å². The first kappa shape index (κ1) is 24.5. The molecule has 0 radical (unpaired) electrons. The second-order valence-corrected chi connectivity index (χ2v) is 9.93. The number of nitrogens with one attached hydrogen (secondary N) is 3. The molecular weight excluding hydrogens is 482 g/mol. The first-order valence-corrected chi connectivity index (χ1v) is 12.8. The number of carbonyl (C=O) groups is 1. The lowest BCUT2D eigenvalue weighted by molar-refractivity contribution is -0.117. The van der Waals surface area contributed by atoms with Gasteiger partial charge in [-0.2, -0.15) is 0 Å². The van der Waals surface area contributed by atoms with Gasteiger partial charge in [-0.3, -0.25) is 4.79 Å². The average molecular weight is 514 g/mol. The summed E-state index contributed by atoms with van der Waals surface area (Å²) < 4.78 is 17.0. The Morgan fingerprint density at radius 1 is 0.816 bits per heavy atom. The van der Waals surface area contributed by atoms with Crippen LogP contribution in [0.4, 0.5) is 0 Å². The van der Waals surface area contributed by atoms with Gasteiger partial charge >= 0.3 is 0 Å². The molecule has 0 aromatic heterocycles. The number of methoxy groups -OCH3 is 2. The van der Waals surface area contributed by atoms with Gasteiger partial charge in [0.05, 0.1) is 20.4 Å². The van der Waals surface area contributed by atoms with Gasteiger partial charge in [0.25, 0.3) is 0 Å². The van der Waals surface area contributed by atoms with Crippen LogP contribution in [0.3, 0.4) is 0 Å². The minimum atomic E-state index is -0.818. The van der Waals surface area contributed by atoms with Crippen molar-refractivity contribution in [2.24, 2.45) is 5.92 Å². The summed E-state index contributed by atoms with van der Waals surface area (Å²) in [6, 6.07) is 23.3. The zero-order valence-corrected chi connectivity index (χ0v) is 21.3. The third kappa shape index (κ3) is 4.41. The largest absolute Gasteiger partial charge is 0.493 e. The van der Waals surface area contributed by atoms with Crippen molar-refractivity contribution in [3.8, 4) is 23.0 Å². The van der Waals surface area contributed by atoms with Crippen LogP contribution in [0.1, 0.15) is 35.8 Å². The topological polar surface area (TPSA) is 101 Å². The molecule has 0 spiro atoms. The fraction of sp³-hybridized carbons (Fsp3) is 0.300. The van der Waals surface area contributed by atoms with Gasteiger partial charge in [-0.15, -0.1) is 0 Å². The highest BCUT2D eigenvalue weighted by Crippen LogP contribution is 2.48. The molecule has 1 saturated heterocycles. The van der Waals surface area contributed by atoms with Gasteiger partial charge in [-0.25, -0.2) is 10.9 Å². The standard InChI is InChI=1S/C30H31N3O5/c1-36-24-12-11-17(16-25(24)37-2)19-14-22-27(23(34)15-19)26(28-29(31-22)32-33-30(28)35)18-7-6-10-21(13-18)38-20-8-4-3-5-9-20/h3-13,16,19,26,28-33,35H,14-15H2,1-2H3/t19-,26-,28?,29?,30?/m1/s1. The number of aliphatic hydroxyl groups excluding tert-OH is 1. The lowest BCUT2D eigenvalue weighted by atomic mass is 9.69. The first-order valence-electron chi connectivity index (χ1n) is 12.8. The summed E-state index contributed by atoms with van der Waals surface area (Å²) in [5.74, 6) is 2.23. The molecule has 3 unspecified atom stereocenters. The number of rotatable bonds is 6. The fourth-order valence-corrected chi connectivity index (χ4v) is 5.99. The van der Waals surface area contributed by atoms with E-state index >= 15 is 0 Å². The van der Waals surface area contributed by atoms with E-state index in [9.17, 15) is 9.90 Å². The Morgan fingerprint density at radius 3 is 2.39 bits per heavy atom. The van der Waals surface area contributed by atoms with E-state index in [-0.39, 0.29) is 29.7 Å². The Morgan fingerprint density at radius 2 is 1.61 bits per heavy atom. The predicted octanol–water partition coefficient (Wildman–Crippen LogP) is 3.95. The van der Waals surface area contributed by atoms with E-state index in [2.05, 4.69) is 16.2 Å². The number of fused-ring (bicyclic) bond motifs is 1. The number of hydrogen-bond acceptors (Lipinski definition) is 8. The van der Waals surface area contributed by atoms with E-state index in [1.807, 2.05) is 72.8 Å². The lowest BCUT2D eigenvalue weighted by Gasteiger charge is -2.42. The number of carbonyl (C=O) groups excluding carboxylic acids is 1. The summed E-state index contributed by atoms with van der Waals surface area (Å²) >= 11 is 0. The molecule has 1 fully saturated rings. The number of benzene rings is 3. The zero-order valence-electron chi connectivity index (χ0n) is 21.3. The van der Waals surface area contributed by atoms with Gasteiger partial charge in [0.1, 0.15) is 17.7 Å². The number of ether oxygens (including phenoxy) is 3. The molecule has 2 heterocycles. The molecule has 3 aromatic carbocycles. The van der Waals surface area contributed by atoms with Crippen LogP contribution in [0.25, 0.3) is 0 Å². The fourth-order valence-electron chi connectivity index (χ4n) is 5.99. The maximum absolute atomic E-state index is 13.8. The van der Waals surface area contributed by atoms with Crippen LogP contribution in [0.5, 0.6) is 23.0 Å². The van der Waals surface area contributed by atoms with Crippen molar-refractivity contribution in [1.82, 2.24) is 16.2 Å². The van der Waals surface area contributed by atoms with Gasteiger partial charge in [0, 0.05) is 29.5 Å². The quantitative estimate of drug-likeness (QED) is 0.393. The third-order valence-corrected chi connectivity index (χ3v) is 7.74. The molecule has 3 aliphatic rings. The highest BCUT2D eigenvalue weighted by Gasteiger charge is 2.49. The maximum atomic E-state index is 13.8. The number of ketones is 1. The van der Waals surface area contributed by atoms with Crippen LogP contribution in [0.15, 0.2) is 84.1 Å². The Kier molecular flexibility index (Phi) is 6.53. The number of Topliss-reactive ketones (excluding diaryl/α,β-unsaturated/α-hetero) is 1. The van der Waals surface area contributed by atoms with E-state index < -0.39 is 6.23 Å². The summed E-state index contributed by atoms with van der Waals surface area (Å²) in [6.45, 7) is 0. The summed E-state index contributed by atoms with van der Waals surface area (Å²) in [6.07, 6.45) is 0.000912. The summed E-state index contributed by atoms with van der Waals surface area (Å²) in [5, 5.41) is 14.4. The van der Waals surface area contributed by atoms with Crippen molar-refractivity contribution in [2.75, 3.05) is 14.2 Å². The SMILES string of the molecule is COc1ccc([C@H]2CC(=O)C3=C(C2)NC2NNC(O)C2[C@@H]3c2cccc(Oc3ccccc3)c2)cc1OC. The Bertz CT molecular complexity index is 1380. The normalized spacial score (nSPS) is 26.3. The molecule has 0 saturated carbocycles. The van der Waals surface area contributed by atoms with Crippen molar-refractivity contribution in [2.45, 2.75) is 37.1 Å². The molecule has 3 aromatic rings. The molecule has 4 N–H and O–H groups in total. The van der Waals surface area contributed by atoms with Crippen molar-refractivity contribution in [3.05, 3.63) is 95.2 Å². The van der Waals surface area contributed by atoms with Crippen molar-refractivity contribution < 1.29 is 24.1 Å². The Labute approximate surface area is 221 Å². The number of para-hydroxylation sites is 1. The number of aliphatic hydroxyl groups is 1. The van der Waals surface area contributed by atoms with E-state index in [1.54, 1.807) is 14.2 Å². The van der Waals surface area contributed by atoms with E-state index in [0.29, 0.717) is 30.1 Å². The van der Waals surface area contributed by atoms with Crippen LogP contribution in [0.2, 0.25) is 0 Å². The van der Waals surface area contributed by atoms with Crippen molar-refractivity contribution in [3.63, 3.8) is 0 Å². The predicted molar refractivity (Wildman–Crippen MR) is 142 cm³/mol. The molecule has 0 amide bonds. The number of hydrogen-bond donors (Lipinski definition) is 4. The van der Waals surface area contributed by atoms with Gasteiger partial charge < -0.3 is 24.6 Å². The van der Waals surface area contributed by atoms with Crippen LogP contribution >= 0.6 is 0 Å². The molecule has 0 bridgehead atoms. The van der Waals surface area contributed by atoms with Crippen molar-refractivity contribution in [1.29, 1.82) is 0 Å². The molecule has 8 heteroatoms. The first-order chi connectivity index (χ1) is 18.6. The Hall–Kier alpha value is -3.85. The molecular formula is C30H31N3O5. The van der Waals surface area contributed by atoms with Crippen LogP contribution in [-0.4, -0.2) is 37.5 Å². The van der Waals surface area contributed by atoms with Crippen molar-refractivity contribution >= 4 is 5.78 Å². The summed E-state index contributed by atoms with van der Waals surface area (Å²) in [7, 11) is 3.22. The van der Waals surface area contributed by atoms with Crippen LogP contribution < -0.4 is 30.4 Å². The molecule has 5 atom stereocenters. The highest BCUT2D eigenvalue weighted by molar-refractivity contribution is 5.99. The summed E-state index contributed by atoms with van der Waals surface area (Å²) in [4.78, 5) is 13.8. The molecule has 8 nitrogen and oxygen atoms in total. The molecule has 6 rings (SSSR count). The van der Waals surface area contributed by atoms with E-state index in [1.165, 1.54) is 0 Å². The molecule has 38 heavy (non-hydrogen) atoms. The molecule has 2 aliphatic heterocycles. The third-order valence-electron chi connectivity index (χ3n) is 7.74. The second-order valence-electron chi connectivity index (χ2n) is 9.93. The second kappa shape index (κ2) is 10.1. The van der Waals surface area contributed by atoms with Crippen LogP contribution in [0, 0.1) is 5.92 Å². The smallest absolute Gasteiger partial charge is 0.161 e.